The van der Waals surface area contributed by atoms with Crippen LogP contribution >= 0.6 is 0 Å². The highest BCUT2D eigenvalue weighted by Gasteiger charge is 2.19. The predicted molar refractivity (Wildman–Crippen MR) is 90.2 cm³/mol. The first-order valence-electron chi connectivity index (χ1n) is 8.78. The maximum atomic E-state index is 11.8. The Labute approximate surface area is 133 Å². The molecule has 1 aromatic heterocycles. The number of piperidine rings is 1. The van der Waals surface area contributed by atoms with E-state index in [1.807, 2.05) is 0 Å². The van der Waals surface area contributed by atoms with E-state index in [2.05, 4.69) is 23.3 Å². The van der Waals surface area contributed by atoms with Crippen LogP contribution in [0, 0.1) is 0 Å². The highest BCUT2D eigenvalue weighted by atomic mass is 16.3. The van der Waals surface area contributed by atoms with Gasteiger partial charge < -0.3 is 9.67 Å². The second kappa shape index (κ2) is 8.37. The summed E-state index contributed by atoms with van der Waals surface area (Å²) in [6.07, 6.45) is 10.1. The van der Waals surface area contributed by atoms with Gasteiger partial charge in [-0.2, -0.15) is 0 Å². The van der Waals surface area contributed by atoms with Crippen LogP contribution in [0.4, 0.5) is 0 Å². The molecule has 0 amide bonds. The summed E-state index contributed by atoms with van der Waals surface area (Å²) in [6, 6.07) is 2.20. The van der Waals surface area contributed by atoms with Gasteiger partial charge in [0.25, 0.3) is 0 Å². The average Bonchev–Trinajstić information content (AvgIpc) is 2.50. The molecule has 1 N–H and O–H groups in total. The summed E-state index contributed by atoms with van der Waals surface area (Å²) in [5.41, 5.74) is 0.775. The summed E-state index contributed by atoms with van der Waals surface area (Å²) in [7, 11) is 0. The van der Waals surface area contributed by atoms with Gasteiger partial charge in [-0.15, -0.1) is 0 Å². The van der Waals surface area contributed by atoms with Crippen molar-refractivity contribution in [1.29, 1.82) is 0 Å². The standard InChI is InChI=1S/C18H30N2O2/c1-3-4-5-7-11-20-14-18(22)17(21)12-16(20)13-19-10-8-6-9-15(19)2/h12,14-15,22H,3-11,13H2,1-2H3. The van der Waals surface area contributed by atoms with Crippen LogP contribution in [0.1, 0.15) is 64.5 Å². The summed E-state index contributed by atoms with van der Waals surface area (Å²) in [5, 5.41) is 9.74. The molecule has 22 heavy (non-hydrogen) atoms. The first-order valence-corrected chi connectivity index (χ1v) is 8.78. The third kappa shape index (κ3) is 4.60. The molecule has 0 aliphatic carbocycles. The van der Waals surface area contributed by atoms with Crippen LogP contribution in [-0.2, 0) is 13.1 Å². The number of aromatic nitrogens is 1. The number of pyridine rings is 1. The fourth-order valence-corrected chi connectivity index (χ4v) is 3.26. The number of hydrogen-bond acceptors (Lipinski definition) is 3. The minimum absolute atomic E-state index is 0.133. The highest BCUT2D eigenvalue weighted by molar-refractivity contribution is 5.20. The van der Waals surface area contributed by atoms with Gasteiger partial charge in [-0.25, -0.2) is 0 Å². The molecule has 0 bridgehead atoms. The van der Waals surface area contributed by atoms with Crippen LogP contribution in [0.15, 0.2) is 17.1 Å². The van der Waals surface area contributed by atoms with Crippen molar-refractivity contribution >= 4 is 0 Å². The molecule has 2 rings (SSSR count). The summed E-state index contributed by atoms with van der Waals surface area (Å²) in [4.78, 5) is 14.3. The van der Waals surface area contributed by atoms with E-state index in [4.69, 9.17) is 0 Å². The SMILES string of the molecule is CCCCCCn1cc(O)c(=O)cc1CN1CCCCC1C. The first-order chi connectivity index (χ1) is 10.6. The van der Waals surface area contributed by atoms with Crippen molar-refractivity contribution in [3.8, 4) is 5.75 Å². The van der Waals surface area contributed by atoms with Gasteiger partial charge in [0.2, 0.25) is 5.43 Å². The van der Waals surface area contributed by atoms with E-state index in [9.17, 15) is 9.90 Å². The molecule has 1 saturated heterocycles. The maximum absolute atomic E-state index is 11.8. The Bertz CT molecular complexity index is 524. The Balaban J connectivity index is 2.09. The fraction of sp³-hybridized carbons (Fsp3) is 0.722. The van der Waals surface area contributed by atoms with Gasteiger partial charge in [0.1, 0.15) is 0 Å². The zero-order valence-corrected chi connectivity index (χ0v) is 14.1. The lowest BCUT2D eigenvalue weighted by molar-refractivity contribution is 0.148. The molecule has 1 atom stereocenters. The molecule has 1 aliphatic heterocycles. The Kier molecular flexibility index (Phi) is 6.49. The minimum Gasteiger partial charge on any atom is -0.503 e. The van der Waals surface area contributed by atoms with Gasteiger partial charge >= 0.3 is 0 Å². The molecule has 1 unspecified atom stereocenters. The third-order valence-electron chi connectivity index (χ3n) is 4.76. The van der Waals surface area contributed by atoms with Crippen LogP contribution < -0.4 is 5.43 Å². The predicted octanol–water partition coefficient (Wildman–Crippen LogP) is 3.51. The Morgan fingerprint density at radius 1 is 1.27 bits per heavy atom. The van der Waals surface area contributed by atoms with E-state index in [1.54, 1.807) is 12.3 Å². The molecule has 0 spiro atoms. The molecule has 4 nitrogen and oxygen atoms in total. The van der Waals surface area contributed by atoms with Crippen LogP contribution in [-0.4, -0.2) is 27.2 Å². The summed E-state index contributed by atoms with van der Waals surface area (Å²) >= 11 is 0. The largest absolute Gasteiger partial charge is 0.503 e. The molecule has 1 fully saturated rings. The number of likely N-dealkylation sites (tertiary alicyclic amines) is 1. The second-order valence-corrected chi connectivity index (χ2v) is 6.58. The van der Waals surface area contributed by atoms with Gasteiger partial charge in [-0.3, -0.25) is 9.69 Å². The molecular weight excluding hydrogens is 276 g/mol. The number of aromatic hydroxyl groups is 1. The van der Waals surface area contributed by atoms with E-state index in [0.717, 1.165) is 31.7 Å². The van der Waals surface area contributed by atoms with Gasteiger partial charge in [-0.05, 0) is 32.7 Å². The quantitative estimate of drug-likeness (QED) is 0.784. The normalized spacial score (nSPS) is 19.5. The Morgan fingerprint density at radius 2 is 2.09 bits per heavy atom. The molecule has 0 aromatic carbocycles. The van der Waals surface area contributed by atoms with Crippen molar-refractivity contribution in [2.45, 2.75) is 77.9 Å². The number of hydrogen-bond donors (Lipinski definition) is 1. The lowest BCUT2D eigenvalue weighted by atomic mass is 10.0. The van der Waals surface area contributed by atoms with E-state index in [1.165, 1.54) is 38.5 Å². The molecule has 2 heterocycles. The molecule has 124 valence electrons. The molecule has 4 heteroatoms. The van der Waals surface area contributed by atoms with Crippen LogP contribution in [0.2, 0.25) is 0 Å². The molecule has 0 saturated carbocycles. The van der Waals surface area contributed by atoms with Crippen LogP contribution in [0.3, 0.4) is 0 Å². The molecule has 1 aliphatic rings. The Morgan fingerprint density at radius 3 is 2.82 bits per heavy atom. The third-order valence-corrected chi connectivity index (χ3v) is 4.76. The first kappa shape index (κ1) is 17.1. The van der Waals surface area contributed by atoms with Crippen molar-refractivity contribution in [1.82, 2.24) is 9.47 Å². The van der Waals surface area contributed by atoms with Crippen molar-refractivity contribution in [2.24, 2.45) is 0 Å². The topological polar surface area (TPSA) is 45.5 Å². The van der Waals surface area contributed by atoms with E-state index < -0.39 is 0 Å². The van der Waals surface area contributed by atoms with E-state index in [0.29, 0.717) is 6.04 Å². The zero-order chi connectivity index (χ0) is 15.9. The van der Waals surface area contributed by atoms with Crippen molar-refractivity contribution < 1.29 is 5.11 Å². The fourth-order valence-electron chi connectivity index (χ4n) is 3.26. The monoisotopic (exact) mass is 306 g/mol. The summed E-state index contributed by atoms with van der Waals surface area (Å²) in [5.74, 6) is -0.133. The minimum atomic E-state index is -0.260. The van der Waals surface area contributed by atoms with Gasteiger partial charge in [-0.1, -0.05) is 32.6 Å². The number of unbranched alkanes of at least 4 members (excludes halogenated alkanes) is 3. The van der Waals surface area contributed by atoms with Crippen LogP contribution in [0.5, 0.6) is 5.75 Å². The van der Waals surface area contributed by atoms with E-state index >= 15 is 0 Å². The van der Waals surface area contributed by atoms with Gasteiger partial charge in [0.05, 0.1) is 6.20 Å². The lowest BCUT2D eigenvalue weighted by Crippen LogP contribution is -2.37. The summed E-state index contributed by atoms with van der Waals surface area (Å²) < 4.78 is 2.08. The van der Waals surface area contributed by atoms with Gasteiger partial charge in [0.15, 0.2) is 5.75 Å². The van der Waals surface area contributed by atoms with Gasteiger partial charge in [0, 0.05) is 30.9 Å². The zero-order valence-electron chi connectivity index (χ0n) is 14.1. The molecular formula is C18H30N2O2. The van der Waals surface area contributed by atoms with E-state index in [-0.39, 0.29) is 11.2 Å². The highest BCUT2D eigenvalue weighted by Crippen LogP contribution is 2.19. The summed E-state index contributed by atoms with van der Waals surface area (Å²) in [6.45, 7) is 7.26. The smallest absolute Gasteiger partial charge is 0.223 e. The number of aryl methyl sites for hydroxylation is 1. The Hall–Kier alpha value is -1.29. The number of nitrogens with zero attached hydrogens (tertiary/aromatic N) is 2. The average molecular weight is 306 g/mol. The second-order valence-electron chi connectivity index (χ2n) is 6.58. The van der Waals surface area contributed by atoms with Crippen molar-refractivity contribution in [3.63, 3.8) is 0 Å². The molecule has 0 radical (unpaired) electrons. The van der Waals surface area contributed by atoms with Crippen molar-refractivity contribution in [3.05, 3.63) is 28.2 Å². The molecule has 1 aromatic rings. The lowest BCUT2D eigenvalue weighted by Gasteiger charge is -2.34. The number of rotatable bonds is 7. The van der Waals surface area contributed by atoms with Crippen molar-refractivity contribution in [2.75, 3.05) is 6.54 Å². The van der Waals surface area contributed by atoms with Crippen LogP contribution in [0.25, 0.3) is 0 Å². The maximum Gasteiger partial charge on any atom is 0.223 e.